The standard InChI is InChI=1S/C22H24N2O2/c1-2-3-7-17-10-12-19(13-11-17)24-21(25)14-15-22-23-16-20(26-22)18-8-5-4-6-9-18/h4-6,8-13,16H,2-3,7,14-15H2,1H3,(H,24,25). The van der Waals surface area contributed by atoms with E-state index in [1.165, 1.54) is 18.4 Å². The number of nitrogens with zero attached hydrogens (tertiary/aromatic N) is 1. The number of rotatable bonds is 8. The summed E-state index contributed by atoms with van der Waals surface area (Å²) in [4.78, 5) is 16.4. The average molecular weight is 348 g/mol. The maximum absolute atomic E-state index is 12.1. The Labute approximate surface area is 154 Å². The van der Waals surface area contributed by atoms with Crippen molar-refractivity contribution in [3.63, 3.8) is 0 Å². The van der Waals surface area contributed by atoms with Crippen molar-refractivity contribution < 1.29 is 9.21 Å². The van der Waals surface area contributed by atoms with Crippen molar-refractivity contribution >= 4 is 11.6 Å². The van der Waals surface area contributed by atoms with Crippen LogP contribution in [0.2, 0.25) is 0 Å². The Hall–Kier alpha value is -2.88. The summed E-state index contributed by atoms with van der Waals surface area (Å²) in [5, 5.41) is 2.93. The number of aryl methyl sites for hydroxylation is 2. The van der Waals surface area contributed by atoms with Crippen LogP contribution in [0, 0.1) is 0 Å². The Morgan fingerprint density at radius 2 is 1.81 bits per heavy atom. The van der Waals surface area contributed by atoms with E-state index in [9.17, 15) is 4.79 Å². The molecule has 0 atom stereocenters. The second-order valence-electron chi connectivity index (χ2n) is 6.33. The number of amides is 1. The topological polar surface area (TPSA) is 55.1 Å². The highest BCUT2D eigenvalue weighted by Crippen LogP contribution is 2.20. The van der Waals surface area contributed by atoms with Crippen LogP contribution in [0.25, 0.3) is 11.3 Å². The molecule has 0 unspecified atom stereocenters. The Morgan fingerprint density at radius 1 is 1.04 bits per heavy atom. The van der Waals surface area contributed by atoms with Gasteiger partial charge in [0.25, 0.3) is 0 Å². The van der Waals surface area contributed by atoms with Gasteiger partial charge in [-0.15, -0.1) is 0 Å². The zero-order valence-corrected chi connectivity index (χ0v) is 15.1. The minimum atomic E-state index is -0.0363. The number of carbonyl (C=O) groups is 1. The highest BCUT2D eigenvalue weighted by molar-refractivity contribution is 5.90. The minimum Gasteiger partial charge on any atom is -0.441 e. The van der Waals surface area contributed by atoms with E-state index in [1.54, 1.807) is 6.20 Å². The molecule has 0 aliphatic carbocycles. The third-order valence-electron chi connectivity index (χ3n) is 4.23. The molecular formula is C22H24N2O2. The molecule has 1 aromatic heterocycles. The molecule has 0 aliphatic rings. The summed E-state index contributed by atoms with van der Waals surface area (Å²) in [5.74, 6) is 1.27. The molecule has 0 radical (unpaired) electrons. The number of aromatic nitrogens is 1. The van der Waals surface area contributed by atoms with Gasteiger partial charge in [0.1, 0.15) is 0 Å². The number of carbonyl (C=O) groups excluding carboxylic acids is 1. The number of nitrogens with one attached hydrogen (secondary N) is 1. The van der Waals surface area contributed by atoms with Gasteiger partial charge in [-0.25, -0.2) is 4.98 Å². The average Bonchev–Trinajstić information content (AvgIpc) is 3.16. The number of benzene rings is 2. The van der Waals surface area contributed by atoms with E-state index in [4.69, 9.17) is 4.42 Å². The van der Waals surface area contributed by atoms with E-state index >= 15 is 0 Å². The zero-order chi connectivity index (χ0) is 18.2. The first-order valence-electron chi connectivity index (χ1n) is 9.13. The maximum atomic E-state index is 12.1. The summed E-state index contributed by atoms with van der Waals surface area (Å²) in [6, 6.07) is 17.9. The molecule has 0 saturated carbocycles. The van der Waals surface area contributed by atoms with Crippen LogP contribution in [0.4, 0.5) is 5.69 Å². The van der Waals surface area contributed by atoms with Gasteiger partial charge in [-0.05, 0) is 30.5 Å². The molecule has 0 spiro atoms. The molecule has 3 aromatic rings. The lowest BCUT2D eigenvalue weighted by molar-refractivity contribution is -0.116. The quantitative estimate of drug-likeness (QED) is 0.604. The van der Waals surface area contributed by atoms with Gasteiger partial charge in [0, 0.05) is 24.1 Å². The smallest absolute Gasteiger partial charge is 0.224 e. The zero-order valence-electron chi connectivity index (χ0n) is 15.1. The fourth-order valence-corrected chi connectivity index (χ4v) is 2.74. The molecule has 1 heterocycles. The van der Waals surface area contributed by atoms with Gasteiger partial charge in [-0.3, -0.25) is 4.79 Å². The van der Waals surface area contributed by atoms with Crippen LogP contribution in [-0.2, 0) is 17.6 Å². The van der Waals surface area contributed by atoms with Crippen LogP contribution in [0.1, 0.15) is 37.6 Å². The van der Waals surface area contributed by atoms with E-state index in [0.717, 1.165) is 23.4 Å². The van der Waals surface area contributed by atoms with Gasteiger partial charge in [-0.2, -0.15) is 0 Å². The normalized spacial score (nSPS) is 10.7. The summed E-state index contributed by atoms with van der Waals surface area (Å²) in [5.41, 5.74) is 3.12. The number of hydrogen-bond donors (Lipinski definition) is 1. The lowest BCUT2D eigenvalue weighted by atomic mass is 10.1. The summed E-state index contributed by atoms with van der Waals surface area (Å²) >= 11 is 0. The largest absolute Gasteiger partial charge is 0.441 e. The highest BCUT2D eigenvalue weighted by atomic mass is 16.4. The Balaban J connectivity index is 1.49. The molecule has 4 heteroatoms. The van der Waals surface area contributed by atoms with Gasteiger partial charge in [0.2, 0.25) is 5.91 Å². The summed E-state index contributed by atoms with van der Waals surface area (Å²) in [6.45, 7) is 2.19. The molecule has 0 saturated heterocycles. The van der Waals surface area contributed by atoms with Crippen molar-refractivity contribution in [1.82, 2.24) is 4.98 Å². The molecule has 26 heavy (non-hydrogen) atoms. The SMILES string of the molecule is CCCCc1ccc(NC(=O)CCc2ncc(-c3ccccc3)o2)cc1. The second kappa shape index (κ2) is 8.99. The van der Waals surface area contributed by atoms with E-state index in [0.29, 0.717) is 18.7 Å². The molecule has 3 rings (SSSR count). The predicted molar refractivity (Wildman–Crippen MR) is 104 cm³/mol. The van der Waals surface area contributed by atoms with E-state index < -0.39 is 0 Å². The van der Waals surface area contributed by atoms with E-state index in [2.05, 4.69) is 29.4 Å². The van der Waals surface area contributed by atoms with Crippen LogP contribution in [0.5, 0.6) is 0 Å². The van der Waals surface area contributed by atoms with Gasteiger partial charge in [0.15, 0.2) is 11.7 Å². The maximum Gasteiger partial charge on any atom is 0.224 e. The van der Waals surface area contributed by atoms with Crippen LogP contribution in [0.15, 0.2) is 65.2 Å². The summed E-state index contributed by atoms with van der Waals surface area (Å²) in [7, 11) is 0. The van der Waals surface area contributed by atoms with Crippen LogP contribution in [-0.4, -0.2) is 10.9 Å². The molecule has 1 N–H and O–H groups in total. The summed E-state index contributed by atoms with van der Waals surface area (Å²) < 4.78 is 5.73. The van der Waals surface area contributed by atoms with E-state index in [1.807, 2.05) is 42.5 Å². The monoisotopic (exact) mass is 348 g/mol. The highest BCUT2D eigenvalue weighted by Gasteiger charge is 2.09. The first kappa shape index (κ1) is 17.9. The van der Waals surface area contributed by atoms with Gasteiger partial charge < -0.3 is 9.73 Å². The third-order valence-corrected chi connectivity index (χ3v) is 4.23. The first-order chi connectivity index (χ1) is 12.7. The predicted octanol–water partition coefficient (Wildman–Crippen LogP) is 5.26. The fraction of sp³-hybridized carbons (Fsp3) is 0.273. The lowest BCUT2D eigenvalue weighted by Gasteiger charge is -2.06. The number of unbranched alkanes of at least 4 members (excludes halogenated alkanes) is 1. The third kappa shape index (κ3) is 5.06. The molecule has 4 nitrogen and oxygen atoms in total. The van der Waals surface area contributed by atoms with Crippen LogP contribution < -0.4 is 5.32 Å². The Bertz CT molecular complexity index is 823. The van der Waals surface area contributed by atoms with E-state index in [-0.39, 0.29) is 5.91 Å². The van der Waals surface area contributed by atoms with Gasteiger partial charge in [-0.1, -0.05) is 55.8 Å². The lowest BCUT2D eigenvalue weighted by Crippen LogP contribution is -2.12. The first-order valence-corrected chi connectivity index (χ1v) is 9.13. The number of anilines is 1. The molecule has 0 aliphatic heterocycles. The van der Waals surface area contributed by atoms with Crippen molar-refractivity contribution in [2.24, 2.45) is 0 Å². The Morgan fingerprint density at radius 3 is 2.54 bits per heavy atom. The molecular weight excluding hydrogens is 324 g/mol. The molecule has 0 fully saturated rings. The molecule has 2 aromatic carbocycles. The van der Waals surface area contributed by atoms with Crippen molar-refractivity contribution in [3.8, 4) is 11.3 Å². The number of hydrogen-bond acceptors (Lipinski definition) is 3. The summed E-state index contributed by atoms with van der Waals surface area (Å²) in [6.07, 6.45) is 5.98. The molecule has 134 valence electrons. The van der Waals surface area contributed by atoms with Gasteiger partial charge >= 0.3 is 0 Å². The van der Waals surface area contributed by atoms with Crippen molar-refractivity contribution in [1.29, 1.82) is 0 Å². The fourth-order valence-electron chi connectivity index (χ4n) is 2.74. The van der Waals surface area contributed by atoms with Crippen molar-refractivity contribution in [2.75, 3.05) is 5.32 Å². The van der Waals surface area contributed by atoms with Crippen LogP contribution >= 0.6 is 0 Å². The Kier molecular flexibility index (Phi) is 6.20. The minimum absolute atomic E-state index is 0.0363. The second-order valence-corrected chi connectivity index (χ2v) is 6.33. The molecule has 1 amide bonds. The molecule has 0 bridgehead atoms. The van der Waals surface area contributed by atoms with Crippen molar-refractivity contribution in [3.05, 3.63) is 72.2 Å². The van der Waals surface area contributed by atoms with Crippen LogP contribution in [0.3, 0.4) is 0 Å². The van der Waals surface area contributed by atoms with Crippen molar-refractivity contribution in [2.45, 2.75) is 39.0 Å². The van der Waals surface area contributed by atoms with Gasteiger partial charge in [0.05, 0.1) is 6.20 Å². The number of oxazole rings is 1.